The van der Waals surface area contributed by atoms with Gasteiger partial charge < -0.3 is 4.74 Å². The number of methoxy groups -OCH3 is 1. The van der Waals surface area contributed by atoms with E-state index >= 15 is 0 Å². The van der Waals surface area contributed by atoms with Gasteiger partial charge in [0.25, 0.3) is 5.17 Å². The number of amides is 1. The van der Waals surface area contributed by atoms with E-state index in [4.69, 9.17) is 12.2 Å². The van der Waals surface area contributed by atoms with Crippen LogP contribution in [0.4, 0.5) is 0 Å². The molecule has 0 atom stereocenters. The Labute approximate surface area is 66.0 Å². The Kier molecular flexibility index (Phi) is 3.95. The molecule has 58 valence electrons. The van der Waals surface area contributed by atoms with Crippen molar-refractivity contribution in [3.8, 4) is 0 Å². The van der Waals surface area contributed by atoms with E-state index in [0.717, 1.165) is 0 Å². The van der Waals surface area contributed by atoms with Gasteiger partial charge in [-0.15, -0.1) is 0 Å². The molecule has 0 aromatic carbocycles. The van der Waals surface area contributed by atoms with Gasteiger partial charge in [-0.05, 0) is 12.2 Å². The number of hydrogen-bond acceptors (Lipinski definition) is 3. The van der Waals surface area contributed by atoms with E-state index in [1.54, 1.807) is 14.0 Å². The summed E-state index contributed by atoms with van der Waals surface area (Å²) in [5.41, 5.74) is 0. The van der Waals surface area contributed by atoms with E-state index in [-0.39, 0.29) is 11.1 Å². The molecule has 0 rings (SSSR count). The Bertz CT molecular complexity index is 131. The molecule has 0 aromatic rings. The molecule has 0 unspecified atom stereocenters. The van der Waals surface area contributed by atoms with Crippen molar-refractivity contribution in [2.24, 2.45) is 0 Å². The summed E-state index contributed by atoms with van der Waals surface area (Å²) in [4.78, 5) is 12.2. The van der Waals surface area contributed by atoms with Gasteiger partial charge in [-0.1, -0.05) is 6.92 Å². The van der Waals surface area contributed by atoms with Crippen LogP contribution >= 0.6 is 12.2 Å². The molecule has 0 heterocycles. The third kappa shape index (κ3) is 2.31. The monoisotopic (exact) mass is 161 g/mol. The van der Waals surface area contributed by atoms with E-state index in [2.05, 4.69) is 4.74 Å². The van der Waals surface area contributed by atoms with Crippen molar-refractivity contribution in [3.63, 3.8) is 0 Å². The average molecular weight is 161 g/mol. The first-order chi connectivity index (χ1) is 4.63. The fourth-order valence-corrected chi connectivity index (χ4v) is 0.578. The minimum Gasteiger partial charge on any atom is -0.474 e. The second-order valence-electron chi connectivity index (χ2n) is 1.78. The van der Waals surface area contributed by atoms with Crippen LogP contribution in [0.1, 0.15) is 13.3 Å². The molecule has 0 N–H and O–H groups in total. The molecule has 3 nitrogen and oxygen atoms in total. The summed E-state index contributed by atoms with van der Waals surface area (Å²) >= 11 is 4.70. The maximum atomic E-state index is 10.9. The van der Waals surface area contributed by atoms with Crippen molar-refractivity contribution < 1.29 is 9.53 Å². The highest BCUT2D eigenvalue weighted by Crippen LogP contribution is 1.92. The number of carbonyl (C=O) groups is 1. The lowest BCUT2D eigenvalue weighted by Crippen LogP contribution is -2.31. The molecular formula is C6H11NO2S. The van der Waals surface area contributed by atoms with Gasteiger partial charge in [0.05, 0.1) is 7.11 Å². The predicted molar refractivity (Wildman–Crippen MR) is 42.7 cm³/mol. The Balaban J connectivity index is 3.94. The van der Waals surface area contributed by atoms with Crippen molar-refractivity contribution in [1.29, 1.82) is 0 Å². The minimum atomic E-state index is -0.0353. The van der Waals surface area contributed by atoms with E-state index in [9.17, 15) is 4.79 Å². The summed E-state index contributed by atoms with van der Waals surface area (Å²) in [6.45, 7) is 1.77. The van der Waals surface area contributed by atoms with Gasteiger partial charge in [-0.3, -0.25) is 9.69 Å². The van der Waals surface area contributed by atoms with Crippen LogP contribution in [-0.2, 0) is 9.53 Å². The van der Waals surface area contributed by atoms with Crippen molar-refractivity contribution in [2.45, 2.75) is 13.3 Å². The fraction of sp³-hybridized carbons (Fsp3) is 0.667. The molecule has 0 fully saturated rings. The average Bonchev–Trinajstić information content (AvgIpc) is 2.00. The fourth-order valence-electron chi connectivity index (χ4n) is 0.476. The van der Waals surface area contributed by atoms with Crippen LogP contribution in [-0.4, -0.2) is 30.1 Å². The summed E-state index contributed by atoms with van der Waals surface area (Å²) in [5, 5.41) is 0.215. The highest BCUT2D eigenvalue weighted by molar-refractivity contribution is 7.80. The number of ether oxygens (including phenoxy) is 1. The molecule has 0 radical (unpaired) electrons. The van der Waals surface area contributed by atoms with Gasteiger partial charge in [0, 0.05) is 13.5 Å². The third-order valence-corrected chi connectivity index (χ3v) is 1.57. The van der Waals surface area contributed by atoms with Crippen molar-refractivity contribution in [1.82, 2.24) is 4.90 Å². The Morgan fingerprint density at radius 3 is 2.50 bits per heavy atom. The molecule has 0 aliphatic carbocycles. The molecular weight excluding hydrogens is 150 g/mol. The predicted octanol–water partition coefficient (Wildman–Crippen LogP) is 0.786. The number of carbonyl (C=O) groups excluding carboxylic acids is 1. The van der Waals surface area contributed by atoms with Crippen molar-refractivity contribution >= 4 is 23.3 Å². The lowest BCUT2D eigenvalue weighted by Gasteiger charge is -2.14. The van der Waals surface area contributed by atoms with Crippen LogP contribution in [0.25, 0.3) is 0 Å². The molecule has 0 bridgehead atoms. The summed E-state index contributed by atoms with van der Waals surface area (Å²) in [6, 6.07) is 0. The smallest absolute Gasteiger partial charge is 0.265 e. The van der Waals surface area contributed by atoms with E-state index < -0.39 is 0 Å². The zero-order valence-electron chi connectivity index (χ0n) is 6.38. The third-order valence-electron chi connectivity index (χ3n) is 1.13. The van der Waals surface area contributed by atoms with Crippen molar-refractivity contribution in [3.05, 3.63) is 0 Å². The van der Waals surface area contributed by atoms with Crippen LogP contribution in [0.15, 0.2) is 0 Å². The van der Waals surface area contributed by atoms with Gasteiger partial charge in [-0.25, -0.2) is 0 Å². The van der Waals surface area contributed by atoms with Gasteiger partial charge in [0.2, 0.25) is 5.91 Å². The zero-order valence-corrected chi connectivity index (χ0v) is 7.20. The van der Waals surface area contributed by atoms with E-state index in [1.807, 2.05) is 0 Å². The zero-order chi connectivity index (χ0) is 8.15. The first-order valence-corrected chi connectivity index (χ1v) is 3.38. The summed E-state index contributed by atoms with van der Waals surface area (Å²) in [7, 11) is 3.04. The standard InChI is InChI=1S/C6H11NO2S/c1-4-5(8)7(2)6(10)9-3/h4H2,1-3H3. The largest absolute Gasteiger partial charge is 0.474 e. The maximum Gasteiger partial charge on any atom is 0.265 e. The van der Waals surface area contributed by atoms with E-state index in [1.165, 1.54) is 12.0 Å². The molecule has 1 amide bonds. The van der Waals surface area contributed by atoms with Crippen LogP contribution in [0, 0.1) is 0 Å². The Morgan fingerprint density at radius 2 is 2.20 bits per heavy atom. The lowest BCUT2D eigenvalue weighted by molar-refractivity contribution is -0.126. The number of hydrogen-bond donors (Lipinski definition) is 0. The van der Waals surface area contributed by atoms with Crippen LogP contribution in [0.5, 0.6) is 0 Å². The molecule has 10 heavy (non-hydrogen) atoms. The van der Waals surface area contributed by atoms with Crippen LogP contribution in [0.3, 0.4) is 0 Å². The quantitative estimate of drug-likeness (QED) is 0.532. The van der Waals surface area contributed by atoms with Crippen LogP contribution < -0.4 is 0 Å². The van der Waals surface area contributed by atoms with Crippen LogP contribution in [0.2, 0.25) is 0 Å². The Morgan fingerprint density at radius 1 is 1.70 bits per heavy atom. The minimum absolute atomic E-state index is 0.0353. The normalized spacial score (nSPS) is 8.70. The van der Waals surface area contributed by atoms with Gasteiger partial charge in [0.1, 0.15) is 0 Å². The number of nitrogens with zero attached hydrogens (tertiary/aromatic N) is 1. The summed E-state index contributed by atoms with van der Waals surface area (Å²) in [5.74, 6) is -0.0353. The summed E-state index contributed by atoms with van der Waals surface area (Å²) in [6.07, 6.45) is 0.444. The molecule has 0 spiro atoms. The maximum absolute atomic E-state index is 10.9. The number of rotatable bonds is 1. The highest BCUT2D eigenvalue weighted by Gasteiger charge is 2.09. The van der Waals surface area contributed by atoms with Gasteiger partial charge in [-0.2, -0.15) is 0 Å². The van der Waals surface area contributed by atoms with E-state index in [0.29, 0.717) is 6.42 Å². The van der Waals surface area contributed by atoms with Crippen molar-refractivity contribution in [2.75, 3.05) is 14.2 Å². The molecule has 0 saturated carbocycles. The first-order valence-electron chi connectivity index (χ1n) is 2.98. The highest BCUT2D eigenvalue weighted by atomic mass is 32.1. The topological polar surface area (TPSA) is 29.5 Å². The SMILES string of the molecule is CCC(=O)N(C)C(=S)OC. The van der Waals surface area contributed by atoms with Gasteiger partial charge in [0.15, 0.2) is 0 Å². The second kappa shape index (κ2) is 4.22. The lowest BCUT2D eigenvalue weighted by atomic mass is 10.4. The molecule has 0 aliphatic rings. The second-order valence-corrected chi connectivity index (χ2v) is 2.13. The van der Waals surface area contributed by atoms with Gasteiger partial charge >= 0.3 is 0 Å². The first kappa shape index (κ1) is 9.36. The molecule has 0 aliphatic heterocycles. The molecule has 0 aromatic heterocycles. The number of thiocarbonyl (C=S) groups is 1. The molecule has 4 heteroatoms. The summed E-state index contributed by atoms with van der Waals surface area (Å²) < 4.78 is 4.67. The molecule has 0 saturated heterocycles. The Hall–Kier alpha value is -0.640.